The van der Waals surface area contributed by atoms with Gasteiger partial charge in [-0.1, -0.05) is 40.2 Å². The van der Waals surface area contributed by atoms with Crippen LogP contribution in [0.5, 0.6) is 0 Å². The fraction of sp³-hybridized carbons (Fsp3) is 0.273. The molecule has 0 saturated carbocycles. The average molecular weight is 225 g/mol. The van der Waals surface area contributed by atoms with Gasteiger partial charge >= 0.3 is 0 Å². The molecule has 0 aromatic heterocycles. The van der Waals surface area contributed by atoms with Gasteiger partial charge in [-0.25, -0.2) is 0 Å². The number of aryl methyl sites for hydroxylation is 2. The fourth-order valence-corrected chi connectivity index (χ4v) is 1.30. The molecule has 0 amide bonds. The molecular weight excluding hydrogens is 212 g/mol. The Morgan fingerprint density at radius 1 is 1.25 bits per heavy atom. The summed E-state index contributed by atoms with van der Waals surface area (Å²) in [6, 6.07) is 6.59. The minimum absolute atomic E-state index is 1.01. The van der Waals surface area contributed by atoms with E-state index in [0.717, 1.165) is 6.42 Å². The van der Waals surface area contributed by atoms with Crippen molar-refractivity contribution >= 4 is 15.9 Å². The zero-order valence-corrected chi connectivity index (χ0v) is 9.06. The lowest BCUT2D eigenvalue weighted by atomic mass is 10.0. The van der Waals surface area contributed by atoms with Crippen LogP contribution in [-0.2, 0) is 6.42 Å². The summed E-state index contributed by atoms with van der Waals surface area (Å²) in [5.74, 6) is 0. The van der Waals surface area contributed by atoms with Crippen molar-refractivity contribution in [1.29, 1.82) is 0 Å². The molecule has 1 aromatic rings. The molecule has 0 aliphatic carbocycles. The summed E-state index contributed by atoms with van der Waals surface area (Å²) in [4.78, 5) is 1.90. The highest BCUT2D eigenvalue weighted by Crippen LogP contribution is 2.10. The van der Waals surface area contributed by atoms with E-state index in [0.29, 0.717) is 0 Å². The summed E-state index contributed by atoms with van der Waals surface area (Å²) in [6.45, 7) is 4.29. The van der Waals surface area contributed by atoms with E-state index >= 15 is 0 Å². The quantitative estimate of drug-likeness (QED) is 0.718. The van der Waals surface area contributed by atoms with Crippen molar-refractivity contribution < 1.29 is 0 Å². The van der Waals surface area contributed by atoms with E-state index < -0.39 is 0 Å². The van der Waals surface area contributed by atoms with Gasteiger partial charge in [0.15, 0.2) is 0 Å². The molecule has 0 unspecified atom stereocenters. The zero-order chi connectivity index (χ0) is 8.97. The predicted octanol–water partition coefficient (Wildman–Crippen LogP) is 3.75. The van der Waals surface area contributed by atoms with Gasteiger partial charge < -0.3 is 0 Å². The summed E-state index contributed by atoms with van der Waals surface area (Å²) < 4.78 is 0. The van der Waals surface area contributed by atoms with Crippen molar-refractivity contribution in [2.24, 2.45) is 0 Å². The highest BCUT2D eigenvalue weighted by atomic mass is 79.9. The van der Waals surface area contributed by atoms with Crippen molar-refractivity contribution in [3.05, 3.63) is 46.0 Å². The van der Waals surface area contributed by atoms with Crippen molar-refractivity contribution in [2.45, 2.75) is 20.3 Å². The van der Waals surface area contributed by atoms with E-state index in [-0.39, 0.29) is 0 Å². The Bertz CT molecular complexity index is 287. The van der Waals surface area contributed by atoms with Crippen LogP contribution in [0.4, 0.5) is 0 Å². The van der Waals surface area contributed by atoms with Gasteiger partial charge in [0.2, 0.25) is 0 Å². The van der Waals surface area contributed by atoms with Gasteiger partial charge in [0.05, 0.1) is 0 Å². The van der Waals surface area contributed by atoms with Crippen LogP contribution >= 0.6 is 15.9 Å². The molecule has 1 rings (SSSR count). The molecule has 0 saturated heterocycles. The Labute approximate surface area is 82.4 Å². The lowest BCUT2D eigenvalue weighted by Gasteiger charge is -2.01. The van der Waals surface area contributed by atoms with E-state index in [2.05, 4.69) is 54.1 Å². The Kier molecular flexibility index (Phi) is 3.54. The highest BCUT2D eigenvalue weighted by Gasteiger charge is 1.93. The van der Waals surface area contributed by atoms with Crippen molar-refractivity contribution in [3.63, 3.8) is 0 Å². The topological polar surface area (TPSA) is 0 Å². The molecule has 1 heteroatoms. The lowest BCUT2D eigenvalue weighted by Crippen LogP contribution is -1.85. The molecule has 0 radical (unpaired) electrons. The molecule has 0 heterocycles. The van der Waals surface area contributed by atoms with Crippen LogP contribution in [0.1, 0.15) is 16.7 Å². The molecule has 0 bridgehead atoms. The average Bonchev–Trinajstić information content (AvgIpc) is 2.07. The van der Waals surface area contributed by atoms with Crippen LogP contribution in [-0.4, -0.2) is 0 Å². The molecule has 0 atom stereocenters. The van der Waals surface area contributed by atoms with Crippen LogP contribution in [0, 0.1) is 13.8 Å². The molecule has 64 valence electrons. The largest absolute Gasteiger partial charge is 0.0732 e. The van der Waals surface area contributed by atoms with E-state index in [1.807, 2.05) is 4.99 Å². The monoisotopic (exact) mass is 224 g/mol. The highest BCUT2D eigenvalue weighted by molar-refractivity contribution is 9.11. The van der Waals surface area contributed by atoms with E-state index in [1.54, 1.807) is 0 Å². The molecule has 0 N–H and O–H groups in total. The van der Waals surface area contributed by atoms with Crippen LogP contribution in [0.2, 0.25) is 0 Å². The number of halogens is 1. The zero-order valence-electron chi connectivity index (χ0n) is 7.47. The molecule has 12 heavy (non-hydrogen) atoms. The summed E-state index contributed by atoms with van der Waals surface area (Å²) in [5, 5.41) is 0. The predicted molar refractivity (Wildman–Crippen MR) is 57.7 cm³/mol. The Morgan fingerprint density at radius 2 is 2.00 bits per heavy atom. The first-order chi connectivity index (χ1) is 5.74. The molecule has 0 spiro atoms. The Morgan fingerprint density at radius 3 is 2.58 bits per heavy atom. The molecular formula is C11H13Br. The number of allylic oxidation sites excluding steroid dienone is 1. The van der Waals surface area contributed by atoms with Gasteiger partial charge in [-0.3, -0.25) is 0 Å². The normalized spacial score (nSPS) is 10.9. The summed E-state index contributed by atoms with van der Waals surface area (Å²) in [5.41, 5.74) is 4.10. The maximum absolute atomic E-state index is 3.26. The lowest BCUT2D eigenvalue weighted by molar-refractivity contribution is 1.22. The molecule has 0 nitrogen and oxygen atoms in total. The molecule has 0 aliphatic heterocycles. The maximum atomic E-state index is 3.26. The Hall–Kier alpha value is -0.560. The number of hydrogen-bond donors (Lipinski definition) is 0. The van der Waals surface area contributed by atoms with Gasteiger partial charge in [0.25, 0.3) is 0 Å². The van der Waals surface area contributed by atoms with Crippen LogP contribution < -0.4 is 0 Å². The second kappa shape index (κ2) is 4.46. The summed E-state index contributed by atoms with van der Waals surface area (Å²) in [6.07, 6.45) is 3.11. The van der Waals surface area contributed by atoms with Crippen molar-refractivity contribution in [3.8, 4) is 0 Å². The first-order valence-corrected chi connectivity index (χ1v) is 4.97. The SMILES string of the molecule is Cc1ccc(C/C=C/Br)cc1C. The third kappa shape index (κ3) is 2.49. The minimum Gasteiger partial charge on any atom is -0.0732 e. The second-order valence-corrected chi connectivity index (χ2v) is 3.51. The summed E-state index contributed by atoms with van der Waals surface area (Å²) >= 11 is 3.26. The third-order valence-electron chi connectivity index (χ3n) is 2.01. The molecule has 0 fully saturated rings. The van der Waals surface area contributed by atoms with E-state index in [9.17, 15) is 0 Å². The smallest absolute Gasteiger partial charge is 0.00891 e. The molecule has 1 aromatic carbocycles. The number of benzene rings is 1. The second-order valence-electron chi connectivity index (χ2n) is 2.98. The first kappa shape index (κ1) is 9.53. The van der Waals surface area contributed by atoms with Crippen molar-refractivity contribution in [2.75, 3.05) is 0 Å². The van der Waals surface area contributed by atoms with Crippen LogP contribution in [0.25, 0.3) is 0 Å². The van der Waals surface area contributed by atoms with Crippen LogP contribution in [0.15, 0.2) is 29.3 Å². The Balaban J connectivity index is 2.82. The van der Waals surface area contributed by atoms with Gasteiger partial charge in [-0.15, -0.1) is 0 Å². The van der Waals surface area contributed by atoms with Gasteiger partial charge in [0, 0.05) is 0 Å². The van der Waals surface area contributed by atoms with Gasteiger partial charge in [-0.2, -0.15) is 0 Å². The fourth-order valence-electron chi connectivity index (χ4n) is 1.11. The van der Waals surface area contributed by atoms with Crippen molar-refractivity contribution in [1.82, 2.24) is 0 Å². The standard InChI is InChI=1S/C11H13Br/c1-9-5-6-11(4-3-7-12)8-10(9)2/h3,5-8H,4H2,1-2H3/b7-3+. The maximum Gasteiger partial charge on any atom is -0.00891 e. The number of hydrogen-bond acceptors (Lipinski definition) is 0. The number of rotatable bonds is 2. The van der Waals surface area contributed by atoms with Gasteiger partial charge in [-0.05, 0) is 41.9 Å². The van der Waals surface area contributed by atoms with E-state index in [1.165, 1.54) is 16.7 Å². The van der Waals surface area contributed by atoms with Crippen LogP contribution in [0.3, 0.4) is 0 Å². The summed E-state index contributed by atoms with van der Waals surface area (Å²) in [7, 11) is 0. The third-order valence-corrected chi connectivity index (χ3v) is 2.39. The molecule has 0 aliphatic rings. The van der Waals surface area contributed by atoms with Gasteiger partial charge in [0.1, 0.15) is 0 Å². The first-order valence-electron chi connectivity index (χ1n) is 4.05. The minimum atomic E-state index is 1.01. The van der Waals surface area contributed by atoms with E-state index in [4.69, 9.17) is 0 Å².